The summed E-state index contributed by atoms with van der Waals surface area (Å²) in [6.45, 7) is 0. The molecule has 39 heavy (non-hydrogen) atoms. The Balaban J connectivity index is 1.38. The summed E-state index contributed by atoms with van der Waals surface area (Å²) in [6.07, 6.45) is 1.32. The molecule has 0 aliphatic carbocycles. The van der Waals surface area contributed by atoms with E-state index in [1.807, 2.05) is 0 Å². The van der Waals surface area contributed by atoms with Crippen molar-refractivity contribution in [3.8, 4) is 11.5 Å². The van der Waals surface area contributed by atoms with Gasteiger partial charge in [-0.3, -0.25) is 9.59 Å². The summed E-state index contributed by atoms with van der Waals surface area (Å²) in [5, 5.41) is 7.64. The summed E-state index contributed by atoms with van der Waals surface area (Å²) in [5.74, 6) is -0.678. The number of hydrogen-bond donors (Lipinski definition) is 2. The lowest BCUT2D eigenvalue weighted by molar-refractivity contribution is 0.0733. The SMILES string of the molecule is COc1cccc(C(=O)Oc2ccc(Cl)cc2/C=N/NC(=O)c2ccc(NC(=O)c3ccc(Cl)cc3)cc2)c1. The highest BCUT2D eigenvalue weighted by Gasteiger charge is 2.13. The molecule has 0 aliphatic rings. The van der Waals surface area contributed by atoms with E-state index in [1.165, 1.54) is 19.4 Å². The topological polar surface area (TPSA) is 106 Å². The smallest absolute Gasteiger partial charge is 0.343 e. The molecule has 0 unspecified atom stereocenters. The molecule has 8 nitrogen and oxygen atoms in total. The molecule has 0 saturated carbocycles. The third kappa shape index (κ3) is 7.44. The third-order valence-corrected chi connectivity index (χ3v) is 5.85. The average molecular weight is 562 g/mol. The van der Waals surface area contributed by atoms with Gasteiger partial charge in [0.25, 0.3) is 11.8 Å². The van der Waals surface area contributed by atoms with Gasteiger partial charge in [-0.1, -0.05) is 29.3 Å². The van der Waals surface area contributed by atoms with Gasteiger partial charge >= 0.3 is 5.97 Å². The minimum absolute atomic E-state index is 0.200. The van der Waals surface area contributed by atoms with E-state index in [0.29, 0.717) is 43.7 Å². The van der Waals surface area contributed by atoms with Crippen molar-refractivity contribution in [2.45, 2.75) is 0 Å². The van der Waals surface area contributed by atoms with Crippen LogP contribution in [-0.4, -0.2) is 31.1 Å². The van der Waals surface area contributed by atoms with E-state index in [2.05, 4.69) is 15.8 Å². The maximum Gasteiger partial charge on any atom is 0.343 e. The first-order valence-electron chi connectivity index (χ1n) is 11.5. The maximum absolute atomic E-state index is 12.6. The third-order valence-electron chi connectivity index (χ3n) is 5.36. The Kier molecular flexibility index (Phi) is 8.94. The van der Waals surface area contributed by atoms with Gasteiger partial charge in [0.05, 0.1) is 18.9 Å². The number of hydrogen-bond acceptors (Lipinski definition) is 6. The Labute approximate surface area is 234 Å². The Morgan fingerprint density at radius 2 is 1.44 bits per heavy atom. The molecule has 0 fully saturated rings. The van der Waals surface area contributed by atoms with E-state index in [1.54, 1.807) is 84.9 Å². The zero-order chi connectivity index (χ0) is 27.8. The highest BCUT2D eigenvalue weighted by Crippen LogP contribution is 2.23. The quantitative estimate of drug-likeness (QED) is 0.115. The zero-order valence-electron chi connectivity index (χ0n) is 20.5. The van der Waals surface area contributed by atoms with E-state index in [4.69, 9.17) is 32.7 Å². The number of halogens is 2. The molecular formula is C29H21Cl2N3O5. The van der Waals surface area contributed by atoms with Gasteiger partial charge in [-0.05, 0) is 84.9 Å². The molecule has 0 heterocycles. The number of anilines is 1. The highest BCUT2D eigenvalue weighted by atomic mass is 35.5. The van der Waals surface area contributed by atoms with Crippen LogP contribution in [0.2, 0.25) is 10.0 Å². The number of methoxy groups -OCH3 is 1. The summed E-state index contributed by atoms with van der Waals surface area (Å²) in [5.41, 5.74) is 4.36. The molecule has 4 rings (SSSR count). The number of rotatable bonds is 8. The van der Waals surface area contributed by atoms with Crippen molar-refractivity contribution in [2.24, 2.45) is 5.10 Å². The minimum Gasteiger partial charge on any atom is -0.497 e. The van der Waals surface area contributed by atoms with Crippen LogP contribution >= 0.6 is 23.2 Å². The molecule has 196 valence electrons. The van der Waals surface area contributed by atoms with Gasteiger partial charge < -0.3 is 14.8 Å². The fourth-order valence-corrected chi connectivity index (χ4v) is 3.66. The Morgan fingerprint density at radius 1 is 0.769 bits per heavy atom. The van der Waals surface area contributed by atoms with Crippen LogP contribution in [0, 0.1) is 0 Å². The Bertz CT molecular complexity index is 1540. The first-order valence-corrected chi connectivity index (χ1v) is 12.2. The second-order valence-corrected chi connectivity index (χ2v) is 8.91. The number of carbonyl (C=O) groups is 3. The van der Waals surface area contributed by atoms with Crippen LogP contribution in [-0.2, 0) is 0 Å². The number of hydrazone groups is 1. The summed E-state index contributed by atoms with van der Waals surface area (Å²) in [7, 11) is 1.50. The van der Waals surface area contributed by atoms with Gasteiger partial charge in [0.2, 0.25) is 0 Å². The summed E-state index contributed by atoms with van der Waals surface area (Å²) < 4.78 is 10.7. The largest absolute Gasteiger partial charge is 0.497 e. The standard InChI is InChI=1S/C29H21Cl2N3O5/c1-38-25-4-2-3-20(16-25)29(37)39-26-14-11-23(31)15-21(26)17-32-34-28(36)19-7-12-24(13-8-19)33-27(35)18-5-9-22(30)10-6-18/h2-17H,1H3,(H,33,35)(H,34,36)/b32-17+. The van der Waals surface area contributed by atoms with E-state index in [9.17, 15) is 14.4 Å². The molecule has 0 saturated heterocycles. The summed E-state index contributed by atoms with van der Waals surface area (Å²) in [4.78, 5) is 37.5. The molecule has 0 radical (unpaired) electrons. The molecule has 0 atom stereocenters. The normalized spacial score (nSPS) is 10.6. The summed E-state index contributed by atoms with van der Waals surface area (Å²) in [6, 6.07) is 24.0. The van der Waals surface area contributed by atoms with Gasteiger partial charge in [-0.25, -0.2) is 10.2 Å². The van der Waals surface area contributed by atoms with Crippen LogP contribution in [0.15, 0.2) is 96.1 Å². The van der Waals surface area contributed by atoms with E-state index < -0.39 is 11.9 Å². The van der Waals surface area contributed by atoms with Crippen LogP contribution in [0.3, 0.4) is 0 Å². The van der Waals surface area contributed by atoms with E-state index in [-0.39, 0.29) is 11.7 Å². The molecular weight excluding hydrogens is 541 g/mol. The molecule has 4 aromatic rings. The molecule has 0 aromatic heterocycles. The fraction of sp³-hybridized carbons (Fsp3) is 0.0345. The monoisotopic (exact) mass is 561 g/mol. The van der Waals surface area contributed by atoms with Crippen LogP contribution < -0.4 is 20.2 Å². The Morgan fingerprint density at radius 3 is 2.15 bits per heavy atom. The van der Waals surface area contributed by atoms with Crippen LogP contribution in [0.1, 0.15) is 36.6 Å². The number of amides is 2. The predicted octanol–water partition coefficient (Wildman–Crippen LogP) is 6.24. The molecule has 2 amide bonds. The fourth-order valence-electron chi connectivity index (χ4n) is 3.36. The van der Waals surface area contributed by atoms with E-state index >= 15 is 0 Å². The van der Waals surface area contributed by atoms with Gasteiger partial charge in [0, 0.05) is 32.4 Å². The second-order valence-electron chi connectivity index (χ2n) is 8.04. The van der Waals surface area contributed by atoms with Crippen LogP contribution in [0.4, 0.5) is 5.69 Å². The first kappa shape index (κ1) is 27.4. The van der Waals surface area contributed by atoms with Crippen molar-refractivity contribution in [3.63, 3.8) is 0 Å². The van der Waals surface area contributed by atoms with Gasteiger partial charge in [-0.2, -0.15) is 5.10 Å². The minimum atomic E-state index is -0.599. The number of esters is 1. The van der Waals surface area contributed by atoms with Crippen LogP contribution in [0.5, 0.6) is 11.5 Å². The Hall–Kier alpha value is -4.66. The lowest BCUT2D eigenvalue weighted by Gasteiger charge is -2.09. The molecule has 0 spiro atoms. The van der Waals surface area contributed by atoms with Crippen LogP contribution in [0.25, 0.3) is 0 Å². The second kappa shape index (κ2) is 12.7. The molecule has 2 N–H and O–H groups in total. The number of carbonyl (C=O) groups excluding carboxylic acids is 3. The lowest BCUT2D eigenvalue weighted by Crippen LogP contribution is -2.18. The molecule has 0 aliphatic heterocycles. The average Bonchev–Trinajstić information content (AvgIpc) is 2.95. The van der Waals surface area contributed by atoms with Gasteiger partial charge in [0.1, 0.15) is 11.5 Å². The van der Waals surface area contributed by atoms with E-state index in [0.717, 1.165) is 0 Å². The summed E-state index contributed by atoms with van der Waals surface area (Å²) >= 11 is 12.0. The molecule has 0 bridgehead atoms. The highest BCUT2D eigenvalue weighted by molar-refractivity contribution is 6.31. The zero-order valence-corrected chi connectivity index (χ0v) is 22.0. The van der Waals surface area contributed by atoms with Gasteiger partial charge in [0.15, 0.2) is 0 Å². The van der Waals surface area contributed by atoms with Crippen molar-refractivity contribution in [1.29, 1.82) is 0 Å². The molecule has 4 aromatic carbocycles. The number of benzene rings is 4. The van der Waals surface area contributed by atoms with Crippen molar-refractivity contribution in [2.75, 3.05) is 12.4 Å². The lowest BCUT2D eigenvalue weighted by atomic mass is 10.1. The van der Waals surface area contributed by atoms with Crippen molar-refractivity contribution in [1.82, 2.24) is 5.43 Å². The number of ether oxygens (including phenoxy) is 2. The predicted molar refractivity (Wildman–Crippen MR) is 150 cm³/mol. The van der Waals surface area contributed by atoms with Crippen molar-refractivity contribution >= 4 is 52.9 Å². The van der Waals surface area contributed by atoms with Gasteiger partial charge in [-0.15, -0.1) is 0 Å². The number of nitrogens with zero attached hydrogens (tertiary/aromatic N) is 1. The maximum atomic E-state index is 12.6. The van der Waals surface area contributed by atoms with Crippen molar-refractivity contribution in [3.05, 3.63) is 123 Å². The van der Waals surface area contributed by atoms with Crippen molar-refractivity contribution < 1.29 is 23.9 Å². The molecule has 10 heteroatoms. The number of nitrogens with one attached hydrogen (secondary N) is 2. The first-order chi connectivity index (χ1) is 18.8.